The molecule has 1 aliphatic heterocycles. The summed E-state index contributed by atoms with van der Waals surface area (Å²) in [5.74, 6) is -0.732. The lowest BCUT2D eigenvalue weighted by Gasteiger charge is -2.15. The van der Waals surface area contributed by atoms with Gasteiger partial charge in [0.1, 0.15) is 5.54 Å². The molecular formula is C17H19BrN4O3. The average Bonchev–Trinajstić information content (AvgIpc) is 2.74. The Morgan fingerprint density at radius 2 is 2.00 bits per heavy atom. The van der Waals surface area contributed by atoms with Gasteiger partial charge in [-0.05, 0) is 41.4 Å². The highest BCUT2D eigenvalue weighted by Crippen LogP contribution is 2.16. The number of nitrogens with zero attached hydrogens (tertiary/aromatic N) is 2. The number of halogens is 1. The van der Waals surface area contributed by atoms with Crippen molar-refractivity contribution < 1.29 is 14.4 Å². The lowest BCUT2D eigenvalue weighted by molar-refractivity contribution is -0.130. The molecule has 2 rings (SSSR count). The third-order valence-electron chi connectivity index (χ3n) is 3.49. The molecule has 25 heavy (non-hydrogen) atoms. The Labute approximate surface area is 154 Å². The molecule has 0 unspecified atom stereocenters. The predicted molar refractivity (Wildman–Crippen MR) is 98.9 cm³/mol. The Kier molecular flexibility index (Phi) is 6.08. The fourth-order valence-corrected chi connectivity index (χ4v) is 2.57. The first-order chi connectivity index (χ1) is 11.8. The highest BCUT2D eigenvalue weighted by Gasteiger charge is 2.43. The fourth-order valence-electron chi connectivity index (χ4n) is 2.20. The zero-order valence-corrected chi connectivity index (χ0v) is 15.5. The number of allylic oxidation sites excluding steroid dienone is 1. The van der Waals surface area contributed by atoms with Gasteiger partial charge < -0.3 is 5.32 Å². The van der Waals surface area contributed by atoms with E-state index in [1.807, 2.05) is 36.4 Å². The minimum absolute atomic E-state index is 0.0104. The van der Waals surface area contributed by atoms with Gasteiger partial charge in [-0.2, -0.15) is 5.10 Å². The molecule has 0 bridgehead atoms. The minimum atomic E-state index is -0.932. The molecule has 1 aliphatic rings. The number of hydrogen-bond donors (Lipinski definition) is 2. The molecule has 0 aliphatic carbocycles. The standard InChI is InChI=1S/C17H19BrN4O3/c1-17(2)15(24)22(16(25)20-17)9-8-14(23)21-19-11-13(18)10-12-6-4-3-5-7-12/h3-7,10-11H,8-9H2,1-2H3,(H,20,25)(H,21,23)/b13-10-,19-11-. The zero-order valence-electron chi connectivity index (χ0n) is 14.0. The van der Waals surface area contributed by atoms with Crippen LogP contribution < -0.4 is 10.7 Å². The molecule has 132 valence electrons. The van der Waals surface area contributed by atoms with Crippen molar-refractivity contribution in [1.29, 1.82) is 0 Å². The number of rotatable bonds is 6. The van der Waals surface area contributed by atoms with Gasteiger partial charge in [0, 0.05) is 17.4 Å². The van der Waals surface area contributed by atoms with Crippen molar-refractivity contribution in [3.8, 4) is 0 Å². The number of hydrazone groups is 1. The molecule has 7 nitrogen and oxygen atoms in total. The van der Waals surface area contributed by atoms with E-state index in [1.165, 1.54) is 6.21 Å². The van der Waals surface area contributed by atoms with E-state index in [2.05, 4.69) is 31.8 Å². The molecule has 1 heterocycles. The molecule has 0 saturated carbocycles. The molecule has 1 saturated heterocycles. The molecular weight excluding hydrogens is 388 g/mol. The first-order valence-corrected chi connectivity index (χ1v) is 8.47. The minimum Gasteiger partial charge on any atom is -0.324 e. The van der Waals surface area contributed by atoms with E-state index in [0.29, 0.717) is 4.48 Å². The highest BCUT2D eigenvalue weighted by molar-refractivity contribution is 9.12. The van der Waals surface area contributed by atoms with Crippen molar-refractivity contribution in [2.45, 2.75) is 25.8 Å². The number of imide groups is 1. The first-order valence-electron chi connectivity index (χ1n) is 7.68. The summed E-state index contributed by atoms with van der Waals surface area (Å²) in [5, 5.41) is 6.40. The van der Waals surface area contributed by atoms with Crippen LogP contribution in [0.2, 0.25) is 0 Å². The van der Waals surface area contributed by atoms with Gasteiger partial charge in [0.25, 0.3) is 5.91 Å². The molecule has 2 N–H and O–H groups in total. The van der Waals surface area contributed by atoms with E-state index in [-0.39, 0.29) is 24.8 Å². The van der Waals surface area contributed by atoms with Crippen LogP contribution in [0.25, 0.3) is 6.08 Å². The van der Waals surface area contributed by atoms with Crippen molar-refractivity contribution in [2.75, 3.05) is 6.54 Å². The van der Waals surface area contributed by atoms with Crippen LogP contribution >= 0.6 is 15.9 Å². The number of carbonyl (C=O) groups is 3. The van der Waals surface area contributed by atoms with Crippen LogP contribution in [0.4, 0.5) is 4.79 Å². The molecule has 1 aromatic carbocycles. The van der Waals surface area contributed by atoms with Crippen LogP contribution in [0.1, 0.15) is 25.8 Å². The summed E-state index contributed by atoms with van der Waals surface area (Å²) in [4.78, 5) is 36.5. The van der Waals surface area contributed by atoms with Crippen LogP contribution in [0.15, 0.2) is 39.9 Å². The molecule has 0 radical (unpaired) electrons. The van der Waals surface area contributed by atoms with Gasteiger partial charge >= 0.3 is 6.03 Å². The first kappa shape index (κ1) is 18.9. The molecule has 1 fully saturated rings. The van der Waals surface area contributed by atoms with Crippen LogP contribution in [0.3, 0.4) is 0 Å². The van der Waals surface area contributed by atoms with E-state index in [0.717, 1.165) is 10.5 Å². The van der Waals surface area contributed by atoms with E-state index in [4.69, 9.17) is 0 Å². The maximum absolute atomic E-state index is 12.0. The van der Waals surface area contributed by atoms with Crippen molar-refractivity contribution in [3.63, 3.8) is 0 Å². The van der Waals surface area contributed by atoms with Crippen LogP contribution in [0, 0.1) is 0 Å². The van der Waals surface area contributed by atoms with E-state index in [1.54, 1.807) is 13.8 Å². The van der Waals surface area contributed by atoms with E-state index in [9.17, 15) is 14.4 Å². The summed E-state index contributed by atoms with van der Waals surface area (Å²) in [5.41, 5.74) is 2.43. The number of hydrogen-bond acceptors (Lipinski definition) is 4. The van der Waals surface area contributed by atoms with Crippen molar-refractivity contribution in [1.82, 2.24) is 15.6 Å². The molecule has 1 aromatic rings. The third kappa shape index (κ3) is 5.25. The van der Waals surface area contributed by atoms with Gasteiger partial charge in [-0.1, -0.05) is 30.3 Å². The summed E-state index contributed by atoms with van der Waals surface area (Å²) in [6.45, 7) is 3.25. The Hall–Kier alpha value is -2.48. The Balaban J connectivity index is 1.80. The number of amides is 4. The molecule has 0 atom stereocenters. The summed E-state index contributed by atoms with van der Waals surface area (Å²) >= 11 is 3.34. The van der Waals surface area contributed by atoms with Crippen LogP contribution in [-0.2, 0) is 9.59 Å². The average molecular weight is 407 g/mol. The van der Waals surface area contributed by atoms with Crippen molar-refractivity contribution in [3.05, 3.63) is 40.4 Å². The number of nitrogens with one attached hydrogen (secondary N) is 2. The molecule has 4 amide bonds. The maximum atomic E-state index is 12.0. The van der Waals surface area contributed by atoms with Crippen LogP contribution in [0.5, 0.6) is 0 Å². The maximum Gasteiger partial charge on any atom is 0.325 e. The topological polar surface area (TPSA) is 90.9 Å². The number of carbonyl (C=O) groups excluding carboxylic acids is 3. The van der Waals surface area contributed by atoms with Gasteiger partial charge in [0.2, 0.25) is 5.91 Å². The van der Waals surface area contributed by atoms with Crippen molar-refractivity contribution >= 4 is 46.1 Å². The van der Waals surface area contributed by atoms with Gasteiger partial charge in [0.15, 0.2) is 0 Å². The lowest BCUT2D eigenvalue weighted by atomic mass is 10.1. The molecule has 8 heteroatoms. The normalized spacial score (nSPS) is 17.1. The van der Waals surface area contributed by atoms with E-state index >= 15 is 0 Å². The monoisotopic (exact) mass is 406 g/mol. The SMILES string of the molecule is CC1(C)NC(=O)N(CCC(=O)N/N=C\C(Br)=C\c2ccccc2)C1=O. The summed E-state index contributed by atoms with van der Waals surface area (Å²) in [7, 11) is 0. The Bertz CT molecular complexity index is 729. The Morgan fingerprint density at radius 3 is 2.60 bits per heavy atom. The summed E-state index contributed by atoms with van der Waals surface area (Å²) < 4.78 is 0.690. The smallest absolute Gasteiger partial charge is 0.324 e. The zero-order chi connectivity index (χ0) is 18.4. The summed E-state index contributed by atoms with van der Waals surface area (Å²) in [6.07, 6.45) is 3.29. The Morgan fingerprint density at radius 1 is 1.32 bits per heavy atom. The second-order valence-corrected chi connectivity index (χ2v) is 6.91. The third-order valence-corrected chi connectivity index (χ3v) is 3.92. The van der Waals surface area contributed by atoms with Crippen LogP contribution in [-0.4, -0.2) is 41.0 Å². The van der Waals surface area contributed by atoms with E-state index < -0.39 is 11.6 Å². The molecule has 0 spiro atoms. The second kappa shape index (κ2) is 8.06. The highest BCUT2D eigenvalue weighted by atomic mass is 79.9. The second-order valence-electron chi connectivity index (χ2n) is 6.00. The largest absolute Gasteiger partial charge is 0.325 e. The van der Waals surface area contributed by atoms with Gasteiger partial charge in [-0.15, -0.1) is 0 Å². The quantitative estimate of drug-likeness (QED) is 0.431. The van der Waals surface area contributed by atoms with Gasteiger partial charge in [-0.25, -0.2) is 10.2 Å². The number of urea groups is 1. The predicted octanol–water partition coefficient (Wildman–Crippen LogP) is 2.24. The molecule has 0 aromatic heterocycles. The number of benzene rings is 1. The summed E-state index contributed by atoms with van der Waals surface area (Å²) in [6, 6.07) is 9.15. The van der Waals surface area contributed by atoms with Gasteiger partial charge in [-0.3, -0.25) is 14.5 Å². The van der Waals surface area contributed by atoms with Crippen molar-refractivity contribution in [2.24, 2.45) is 5.10 Å². The lowest BCUT2D eigenvalue weighted by Crippen LogP contribution is -2.40. The van der Waals surface area contributed by atoms with Gasteiger partial charge in [0.05, 0.1) is 6.21 Å². The fraction of sp³-hybridized carbons (Fsp3) is 0.294.